The Bertz CT molecular complexity index is 1550. The van der Waals surface area contributed by atoms with Gasteiger partial charge in [0.15, 0.2) is 0 Å². The van der Waals surface area contributed by atoms with Crippen LogP contribution in [0.15, 0.2) is 92.4 Å². The second-order valence-electron chi connectivity index (χ2n) is 7.23. The highest BCUT2D eigenvalue weighted by Crippen LogP contribution is 2.47. The molecule has 184 valence electrons. The first-order chi connectivity index (χ1) is 16.2. The van der Waals surface area contributed by atoms with Crippen molar-refractivity contribution in [3.63, 3.8) is 0 Å². The van der Waals surface area contributed by atoms with Gasteiger partial charge in [-0.25, -0.2) is 16.8 Å². The van der Waals surface area contributed by atoms with E-state index in [1.54, 1.807) is 0 Å². The van der Waals surface area contributed by atoms with Crippen molar-refractivity contribution in [3.05, 3.63) is 72.8 Å². The van der Waals surface area contributed by atoms with Gasteiger partial charge in [-0.15, -0.1) is 0 Å². The first-order valence-corrected chi connectivity index (χ1v) is 13.3. The van der Waals surface area contributed by atoms with Crippen molar-refractivity contribution in [2.75, 3.05) is 0 Å². The fourth-order valence-corrected chi connectivity index (χ4v) is 7.17. The van der Waals surface area contributed by atoms with Crippen molar-refractivity contribution in [3.8, 4) is 0 Å². The highest BCUT2D eigenvalue weighted by molar-refractivity contribution is 8.01. The molecule has 0 saturated heterocycles. The number of hydrogen-bond acceptors (Lipinski definition) is 5. The zero-order chi connectivity index (χ0) is 25.8. The molecule has 0 spiro atoms. The van der Waals surface area contributed by atoms with Gasteiger partial charge in [-0.2, -0.15) is 26.3 Å². The molecule has 0 N–H and O–H groups in total. The van der Waals surface area contributed by atoms with Gasteiger partial charge in [-0.3, -0.25) is 0 Å². The van der Waals surface area contributed by atoms with Crippen molar-refractivity contribution in [1.82, 2.24) is 0 Å². The SMILES string of the molecule is O=S(=O)(c1ccc2ccccc2c1Sc1c(S(=O)(=O)C(F)(F)F)ccc2ccccc12)C(F)(F)F. The standard InChI is InChI=1S/C22H12F6O4S3/c23-21(24,25)34(29,30)17-11-9-13-5-1-3-7-15(13)19(17)33-20-16-8-4-2-6-14(16)10-12-18(20)35(31,32)22(26,27)28/h1-12H. The van der Waals surface area contributed by atoms with E-state index < -0.39 is 50.3 Å². The van der Waals surface area contributed by atoms with Crippen LogP contribution in [0.3, 0.4) is 0 Å². The van der Waals surface area contributed by atoms with E-state index >= 15 is 0 Å². The molecule has 0 amide bonds. The maximum atomic E-state index is 13.5. The molecule has 0 atom stereocenters. The molecule has 4 aromatic carbocycles. The van der Waals surface area contributed by atoms with Crippen molar-refractivity contribution in [2.45, 2.75) is 30.6 Å². The summed E-state index contributed by atoms with van der Waals surface area (Å²) in [5.74, 6) is 0. The van der Waals surface area contributed by atoms with Gasteiger partial charge in [0.25, 0.3) is 19.7 Å². The van der Waals surface area contributed by atoms with E-state index in [1.807, 2.05) is 0 Å². The largest absolute Gasteiger partial charge is 0.501 e. The van der Waals surface area contributed by atoms with E-state index in [-0.39, 0.29) is 22.5 Å². The lowest BCUT2D eigenvalue weighted by Gasteiger charge is -2.18. The molecule has 4 rings (SSSR count). The maximum Gasteiger partial charge on any atom is 0.501 e. The second kappa shape index (κ2) is 8.42. The summed E-state index contributed by atoms with van der Waals surface area (Å²) in [7, 11) is -11.9. The number of hydrogen-bond donors (Lipinski definition) is 0. The normalized spacial score (nSPS) is 13.4. The molecule has 0 aromatic heterocycles. The van der Waals surface area contributed by atoms with Crippen LogP contribution in [0.1, 0.15) is 0 Å². The van der Waals surface area contributed by atoms with Crippen LogP contribution in [0.2, 0.25) is 0 Å². The molecular weight excluding hydrogens is 538 g/mol. The minimum Gasteiger partial charge on any atom is -0.214 e. The third-order valence-corrected chi connectivity index (χ3v) is 9.68. The van der Waals surface area contributed by atoms with Crippen LogP contribution in [0.25, 0.3) is 21.5 Å². The van der Waals surface area contributed by atoms with Crippen LogP contribution in [0, 0.1) is 0 Å². The summed E-state index contributed by atoms with van der Waals surface area (Å²) in [5.41, 5.74) is -11.4. The summed E-state index contributed by atoms with van der Waals surface area (Å²) in [6.45, 7) is 0. The van der Waals surface area contributed by atoms with E-state index in [9.17, 15) is 43.2 Å². The lowest BCUT2D eigenvalue weighted by atomic mass is 10.1. The van der Waals surface area contributed by atoms with Crippen molar-refractivity contribution >= 4 is 53.0 Å². The molecule has 0 bridgehead atoms. The Labute approximate surface area is 199 Å². The molecule has 0 saturated carbocycles. The third-order valence-electron chi connectivity index (χ3n) is 5.08. The molecular formula is C22H12F6O4S3. The van der Waals surface area contributed by atoms with E-state index in [1.165, 1.54) is 48.5 Å². The molecule has 0 aliphatic rings. The first-order valence-electron chi connectivity index (χ1n) is 9.50. The molecule has 0 radical (unpaired) electrons. The Balaban J connectivity index is 2.12. The van der Waals surface area contributed by atoms with E-state index in [2.05, 4.69) is 0 Å². The Morgan fingerprint density at radius 3 is 1.20 bits per heavy atom. The predicted molar refractivity (Wildman–Crippen MR) is 119 cm³/mol. The van der Waals surface area contributed by atoms with Crippen LogP contribution in [0.4, 0.5) is 26.3 Å². The zero-order valence-corrected chi connectivity index (χ0v) is 19.5. The molecule has 35 heavy (non-hydrogen) atoms. The zero-order valence-electron chi connectivity index (χ0n) is 17.1. The third kappa shape index (κ3) is 4.25. The van der Waals surface area contributed by atoms with Crippen molar-refractivity contribution < 1.29 is 43.2 Å². The Morgan fingerprint density at radius 1 is 0.514 bits per heavy atom. The van der Waals surface area contributed by atoms with Crippen LogP contribution in [0.5, 0.6) is 0 Å². The smallest absolute Gasteiger partial charge is 0.214 e. The fourth-order valence-electron chi connectivity index (χ4n) is 3.43. The predicted octanol–water partition coefficient (Wildman–Crippen LogP) is 6.73. The Morgan fingerprint density at radius 2 is 0.857 bits per heavy atom. The quantitative estimate of drug-likeness (QED) is 0.264. The van der Waals surface area contributed by atoms with Crippen LogP contribution < -0.4 is 0 Å². The minimum atomic E-state index is -5.94. The molecule has 0 unspecified atom stereocenters. The molecule has 0 aliphatic heterocycles. The van der Waals surface area contributed by atoms with Gasteiger partial charge in [0, 0.05) is 9.79 Å². The summed E-state index contributed by atoms with van der Waals surface area (Å²) in [6.07, 6.45) is 0. The number of halogens is 6. The van der Waals surface area contributed by atoms with Crippen LogP contribution in [-0.2, 0) is 19.7 Å². The second-order valence-corrected chi connectivity index (χ2v) is 12.1. The Hall–Kier alpha value is -2.77. The molecule has 0 heterocycles. The topological polar surface area (TPSA) is 68.3 Å². The lowest BCUT2D eigenvalue weighted by Crippen LogP contribution is -2.24. The van der Waals surface area contributed by atoms with Gasteiger partial charge in [-0.1, -0.05) is 72.4 Å². The van der Waals surface area contributed by atoms with Gasteiger partial charge < -0.3 is 0 Å². The van der Waals surface area contributed by atoms with Gasteiger partial charge in [0.05, 0.1) is 9.79 Å². The van der Waals surface area contributed by atoms with Gasteiger partial charge in [0.1, 0.15) is 0 Å². The maximum absolute atomic E-state index is 13.5. The number of alkyl halides is 6. The first kappa shape index (κ1) is 25.3. The van der Waals surface area contributed by atoms with E-state index in [0.717, 1.165) is 12.1 Å². The molecule has 4 nitrogen and oxygen atoms in total. The molecule has 13 heteroatoms. The van der Waals surface area contributed by atoms with Gasteiger partial charge >= 0.3 is 11.0 Å². The number of sulfone groups is 2. The molecule has 0 aliphatic carbocycles. The number of benzene rings is 4. The summed E-state index contributed by atoms with van der Waals surface area (Å²) in [5, 5.41) is 0.588. The van der Waals surface area contributed by atoms with E-state index in [4.69, 9.17) is 0 Å². The van der Waals surface area contributed by atoms with Crippen molar-refractivity contribution in [1.29, 1.82) is 0 Å². The van der Waals surface area contributed by atoms with Crippen LogP contribution in [-0.4, -0.2) is 27.9 Å². The minimum absolute atomic E-state index is 0.00823. The average molecular weight is 551 g/mol. The molecule has 0 fully saturated rings. The monoisotopic (exact) mass is 550 g/mol. The molecule has 4 aromatic rings. The van der Waals surface area contributed by atoms with Crippen LogP contribution >= 0.6 is 11.8 Å². The average Bonchev–Trinajstić information content (AvgIpc) is 2.77. The summed E-state index contributed by atoms with van der Waals surface area (Å²) in [4.78, 5) is -3.49. The highest BCUT2D eigenvalue weighted by Gasteiger charge is 2.50. The number of fused-ring (bicyclic) bond motifs is 2. The van der Waals surface area contributed by atoms with Crippen molar-refractivity contribution in [2.24, 2.45) is 0 Å². The van der Waals surface area contributed by atoms with Gasteiger partial charge in [-0.05, 0) is 33.7 Å². The lowest BCUT2D eigenvalue weighted by molar-refractivity contribution is -0.0443. The highest BCUT2D eigenvalue weighted by atomic mass is 32.2. The van der Waals surface area contributed by atoms with E-state index in [0.29, 0.717) is 22.9 Å². The fraction of sp³-hybridized carbons (Fsp3) is 0.0909. The van der Waals surface area contributed by atoms with Gasteiger partial charge in [0.2, 0.25) is 0 Å². The number of rotatable bonds is 4. The Kier molecular flexibility index (Phi) is 6.09. The summed E-state index contributed by atoms with van der Waals surface area (Å²) >= 11 is 0.227. The summed E-state index contributed by atoms with van der Waals surface area (Å²) < 4.78 is 130. The summed E-state index contributed by atoms with van der Waals surface area (Å²) in [6, 6.07) is 15.1.